The summed E-state index contributed by atoms with van der Waals surface area (Å²) in [5.41, 5.74) is 0. The van der Waals surface area contributed by atoms with Crippen molar-refractivity contribution in [1.82, 2.24) is 10.2 Å². The van der Waals surface area contributed by atoms with Crippen LogP contribution in [-0.4, -0.2) is 49.2 Å². The van der Waals surface area contributed by atoms with E-state index in [9.17, 15) is 4.79 Å². The van der Waals surface area contributed by atoms with Crippen LogP contribution in [0.1, 0.15) is 12.8 Å². The van der Waals surface area contributed by atoms with E-state index in [1.165, 1.54) is 0 Å². The molecule has 1 aliphatic heterocycles. The highest BCUT2D eigenvalue weighted by Crippen LogP contribution is 2.19. The highest BCUT2D eigenvalue weighted by atomic mass is 16.4. The zero-order valence-corrected chi connectivity index (χ0v) is 8.29. The number of carbonyl (C=O) groups is 1. The fraction of sp³-hybridized carbons (Fsp3) is 0.889. The molecule has 0 aliphatic carbocycles. The first-order chi connectivity index (χ1) is 6.13. The van der Waals surface area contributed by atoms with Crippen LogP contribution in [0.3, 0.4) is 0 Å². The predicted molar refractivity (Wildman–Crippen MR) is 50.7 cm³/mol. The van der Waals surface area contributed by atoms with Crippen LogP contribution in [0, 0.1) is 5.92 Å². The second-order valence-corrected chi connectivity index (χ2v) is 3.83. The Balaban J connectivity index is 2.34. The first-order valence-electron chi connectivity index (χ1n) is 4.72. The highest BCUT2D eigenvalue weighted by molar-refractivity contribution is 5.73. The third-order valence-electron chi connectivity index (χ3n) is 2.70. The van der Waals surface area contributed by atoms with E-state index < -0.39 is 5.97 Å². The molecule has 0 aromatic heterocycles. The molecule has 1 fully saturated rings. The minimum absolute atomic E-state index is 0.378. The lowest BCUT2D eigenvalue weighted by Crippen LogP contribution is -2.36. The summed E-state index contributed by atoms with van der Waals surface area (Å²) in [7, 11) is 3.78. The van der Waals surface area contributed by atoms with Crippen molar-refractivity contribution in [2.45, 2.75) is 18.9 Å². The van der Waals surface area contributed by atoms with Crippen molar-refractivity contribution in [3.63, 3.8) is 0 Å². The van der Waals surface area contributed by atoms with E-state index in [0.29, 0.717) is 5.92 Å². The summed E-state index contributed by atoms with van der Waals surface area (Å²) >= 11 is 0. The van der Waals surface area contributed by atoms with Crippen LogP contribution in [0.2, 0.25) is 0 Å². The van der Waals surface area contributed by atoms with Gasteiger partial charge in [0.05, 0.1) is 0 Å². The largest absolute Gasteiger partial charge is 0.480 e. The molecule has 0 radical (unpaired) electrons. The van der Waals surface area contributed by atoms with Crippen molar-refractivity contribution < 1.29 is 9.90 Å². The van der Waals surface area contributed by atoms with Gasteiger partial charge in [0.25, 0.3) is 0 Å². The van der Waals surface area contributed by atoms with Gasteiger partial charge < -0.3 is 15.3 Å². The lowest BCUT2D eigenvalue weighted by atomic mass is 9.99. The Hall–Kier alpha value is -0.610. The second kappa shape index (κ2) is 4.58. The normalized spacial score (nSPS) is 26.2. The maximum atomic E-state index is 10.7. The topological polar surface area (TPSA) is 52.6 Å². The van der Waals surface area contributed by atoms with Gasteiger partial charge in [0, 0.05) is 6.54 Å². The van der Waals surface area contributed by atoms with Gasteiger partial charge in [-0.2, -0.15) is 0 Å². The lowest BCUT2D eigenvalue weighted by Gasteiger charge is -2.15. The molecule has 2 N–H and O–H groups in total. The van der Waals surface area contributed by atoms with Crippen LogP contribution in [0.5, 0.6) is 0 Å². The van der Waals surface area contributed by atoms with E-state index in [0.717, 1.165) is 25.9 Å². The molecule has 0 amide bonds. The molecule has 2 unspecified atom stereocenters. The summed E-state index contributed by atoms with van der Waals surface area (Å²) < 4.78 is 0. The molecule has 1 rings (SSSR count). The van der Waals surface area contributed by atoms with E-state index in [1.54, 1.807) is 7.05 Å². The van der Waals surface area contributed by atoms with Crippen LogP contribution in [-0.2, 0) is 4.79 Å². The number of rotatable bonds is 4. The van der Waals surface area contributed by atoms with Gasteiger partial charge in [-0.25, -0.2) is 0 Å². The quantitative estimate of drug-likeness (QED) is 0.649. The second-order valence-electron chi connectivity index (χ2n) is 3.83. The summed E-state index contributed by atoms with van der Waals surface area (Å²) in [6.45, 7) is 2.13. The van der Waals surface area contributed by atoms with Crippen molar-refractivity contribution >= 4 is 5.97 Å². The van der Waals surface area contributed by atoms with Crippen molar-refractivity contribution in [2.24, 2.45) is 5.92 Å². The van der Waals surface area contributed by atoms with Crippen LogP contribution >= 0.6 is 0 Å². The molecule has 1 heterocycles. The van der Waals surface area contributed by atoms with Gasteiger partial charge in [0.2, 0.25) is 0 Å². The number of carboxylic acid groups (broad SMARTS) is 1. The number of likely N-dealkylation sites (N-methyl/N-ethyl adjacent to an activating group) is 1. The smallest absolute Gasteiger partial charge is 0.320 e. The molecule has 4 nitrogen and oxygen atoms in total. The molecule has 0 aromatic rings. The Morgan fingerprint density at radius 2 is 2.46 bits per heavy atom. The molecule has 4 heteroatoms. The summed E-state index contributed by atoms with van der Waals surface area (Å²) in [5, 5.41) is 11.6. The lowest BCUT2D eigenvalue weighted by molar-refractivity contribution is -0.139. The number of carboxylic acids is 1. The van der Waals surface area contributed by atoms with Gasteiger partial charge in [-0.1, -0.05) is 0 Å². The highest BCUT2D eigenvalue weighted by Gasteiger charge is 2.25. The molecule has 2 atom stereocenters. The third kappa shape index (κ3) is 2.97. The van der Waals surface area contributed by atoms with Crippen LogP contribution in [0.4, 0.5) is 0 Å². The Morgan fingerprint density at radius 3 is 2.85 bits per heavy atom. The first kappa shape index (κ1) is 10.5. The number of hydrogen-bond donors (Lipinski definition) is 2. The number of nitrogens with one attached hydrogen (secondary N) is 1. The first-order valence-corrected chi connectivity index (χ1v) is 4.72. The van der Waals surface area contributed by atoms with E-state index in [-0.39, 0.29) is 6.04 Å². The van der Waals surface area contributed by atoms with Gasteiger partial charge in [-0.3, -0.25) is 4.79 Å². The molecule has 0 bridgehead atoms. The maximum Gasteiger partial charge on any atom is 0.320 e. The standard InChI is InChI=1S/C9H18N2O2/c1-10-8(9(12)13)5-7-3-4-11(2)6-7/h7-8,10H,3-6H2,1-2H3,(H,12,13). The predicted octanol–water partition coefficient (Wildman–Crippen LogP) is 0.000800. The average Bonchev–Trinajstić information content (AvgIpc) is 2.46. The molecule has 76 valence electrons. The molecule has 1 saturated heterocycles. The van der Waals surface area contributed by atoms with Crippen molar-refractivity contribution in [1.29, 1.82) is 0 Å². The van der Waals surface area contributed by atoms with Crippen LogP contribution < -0.4 is 5.32 Å². The number of likely N-dealkylation sites (tertiary alicyclic amines) is 1. The molecule has 13 heavy (non-hydrogen) atoms. The third-order valence-corrected chi connectivity index (χ3v) is 2.70. The van der Waals surface area contributed by atoms with Crippen molar-refractivity contribution in [3.8, 4) is 0 Å². The van der Waals surface area contributed by atoms with E-state index >= 15 is 0 Å². The minimum atomic E-state index is -0.739. The van der Waals surface area contributed by atoms with Crippen LogP contribution in [0.25, 0.3) is 0 Å². The van der Waals surface area contributed by atoms with E-state index in [4.69, 9.17) is 5.11 Å². The SMILES string of the molecule is CNC(CC1CCN(C)C1)C(=O)O. The van der Waals surface area contributed by atoms with Gasteiger partial charge >= 0.3 is 5.97 Å². The van der Waals surface area contributed by atoms with Gasteiger partial charge in [-0.15, -0.1) is 0 Å². The summed E-state index contributed by atoms with van der Waals surface area (Å²) in [5.74, 6) is -0.199. The van der Waals surface area contributed by atoms with E-state index in [1.807, 2.05) is 0 Å². The molecule has 0 aromatic carbocycles. The Morgan fingerprint density at radius 1 is 1.77 bits per heavy atom. The molecular weight excluding hydrogens is 168 g/mol. The monoisotopic (exact) mass is 186 g/mol. The Labute approximate surface area is 78.9 Å². The zero-order valence-electron chi connectivity index (χ0n) is 8.29. The fourth-order valence-electron chi connectivity index (χ4n) is 1.89. The minimum Gasteiger partial charge on any atom is -0.480 e. The Bertz CT molecular complexity index is 184. The molecule has 1 aliphatic rings. The fourth-order valence-corrected chi connectivity index (χ4v) is 1.89. The van der Waals surface area contributed by atoms with Crippen molar-refractivity contribution in [3.05, 3.63) is 0 Å². The number of nitrogens with zero attached hydrogens (tertiary/aromatic N) is 1. The molecule has 0 saturated carbocycles. The van der Waals surface area contributed by atoms with Gasteiger partial charge in [0.15, 0.2) is 0 Å². The summed E-state index contributed by atoms with van der Waals surface area (Å²) in [6, 6.07) is -0.378. The van der Waals surface area contributed by atoms with Crippen LogP contribution in [0.15, 0.2) is 0 Å². The van der Waals surface area contributed by atoms with Gasteiger partial charge in [-0.05, 0) is 39.4 Å². The molecular formula is C9H18N2O2. The maximum absolute atomic E-state index is 10.7. The van der Waals surface area contributed by atoms with Crippen molar-refractivity contribution in [2.75, 3.05) is 27.2 Å². The number of hydrogen-bond acceptors (Lipinski definition) is 3. The summed E-state index contributed by atoms with van der Waals surface area (Å²) in [4.78, 5) is 13.0. The number of aliphatic carboxylic acids is 1. The zero-order chi connectivity index (χ0) is 9.84. The summed E-state index contributed by atoms with van der Waals surface area (Å²) in [6.07, 6.45) is 1.87. The average molecular weight is 186 g/mol. The molecule has 0 spiro atoms. The Kier molecular flexibility index (Phi) is 3.69. The van der Waals surface area contributed by atoms with Gasteiger partial charge in [0.1, 0.15) is 6.04 Å². The van der Waals surface area contributed by atoms with E-state index in [2.05, 4.69) is 17.3 Å².